The Morgan fingerprint density at radius 2 is 2.11 bits per heavy atom. The van der Waals surface area contributed by atoms with Crippen molar-refractivity contribution in [3.63, 3.8) is 0 Å². The van der Waals surface area contributed by atoms with Crippen molar-refractivity contribution in [2.45, 2.75) is 44.1 Å². The van der Waals surface area contributed by atoms with Crippen LogP contribution in [0.2, 0.25) is 0 Å². The zero-order valence-corrected chi connectivity index (χ0v) is 12.1. The summed E-state index contributed by atoms with van der Waals surface area (Å²) in [5, 5.41) is 12.8. The minimum Gasteiger partial charge on any atom is -0.385 e. The Morgan fingerprint density at radius 1 is 1.26 bits per heavy atom. The standard InChI is InChI=1S/C17H20OS/c1-17(18,16-10-5-11-19-16)12-14-8-4-7-13-6-2-3-9-15(13)14/h2-3,5-6,9-11,14,18H,4,7-8,12H2,1H3. The molecule has 0 amide bonds. The van der Waals surface area contributed by atoms with Gasteiger partial charge in [0.15, 0.2) is 0 Å². The van der Waals surface area contributed by atoms with E-state index in [0.29, 0.717) is 5.92 Å². The average molecular weight is 272 g/mol. The van der Waals surface area contributed by atoms with Crippen molar-refractivity contribution < 1.29 is 5.11 Å². The first kappa shape index (κ1) is 12.9. The average Bonchev–Trinajstić information content (AvgIpc) is 2.93. The minimum absolute atomic E-state index is 0.488. The molecule has 0 radical (unpaired) electrons. The summed E-state index contributed by atoms with van der Waals surface area (Å²) in [5.41, 5.74) is 2.22. The van der Waals surface area contributed by atoms with E-state index in [2.05, 4.69) is 24.3 Å². The Morgan fingerprint density at radius 3 is 2.89 bits per heavy atom. The van der Waals surface area contributed by atoms with Gasteiger partial charge in [-0.25, -0.2) is 0 Å². The lowest BCUT2D eigenvalue weighted by Crippen LogP contribution is -2.25. The van der Waals surface area contributed by atoms with Crippen LogP contribution in [0.5, 0.6) is 0 Å². The zero-order valence-electron chi connectivity index (χ0n) is 11.3. The molecule has 2 aromatic rings. The highest BCUT2D eigenvalue weighted by molar-refractivity contribution is 7.10. The van der Waals surface area contributed by atoms with Crippen LogP contribution in [0, 0.1) is 0 Å². The Labute approximate surface area is 118 Å². The number of aliphatic hydroxyl groups is 1. The molecule has 0 bridgehead atoms. The molecule has 1 heterocycles. The second kappa shape index (κ2) is 5.10. The lowest BCUT2D eigenvalue weighted by molar-refractivity contribution is 0.0417. The molecule has 19 heavy (non-hydrogen) atoms. The molecule has 1 aliphatic carbocycles. The van der Waals surface area contributed by atoms with E-state index in [-0.39, 0.29) is 0 Å². The predicted molar refractivity (Wildman–Crippen MR) is 80.6 cm³/mol. The van der Waals surface area contributed by atoms with E-state index >= 15 is 0 Å². The molecule has 1 aromatic heterocycles. The van der Waals surface area contributed by atoms with Gasteiger partial charge in [-0.1, -0.05) is 30.3 Å². The van der Waals surface area contributed by atoms with Crippen LogP contribution in [0.3, 0.4) is 0 Å². The van der Waals surface area contributed by atoms with E-state index in [1.165, 1.54) is 30.4 Å². The molecule has 2 atom stereocenters. The van der Waals surface area contributed by atoms with Crippen molar-refractivity contribution in [3.05, 3.63) is 57.8 Å². The maximum atomic E-state index is 10.8. The van der Waals surface area contributed by atoms with E-state index in [9.17, 15) is 5.11 Å². The Bertz CT molecular complexity index is 542. The van der Waals surface area contributed by atoms with Crippen LogP contribution < -0.4 is 0 Å². The molecule has 1 nitrogen and oxygen atoms in total. The van der Waals surface area contributed by atoms with Gasteiger partial charge in [0.25, 0.3) is 0 Å². The highest BCUT2D eigenvalue weighted by Crippen LogP contribution is 2.41. The topological polar surface area (TPSA) is 20.2 Å². The molecule has 0 saturated heterocycles. The molecule has 0 saturated carbocycles. The number of hydrogen-bond donors (Lipinski definition) is 1. The molecule has 1 aliphatic rings. The first-order valence-electron chi connectivity index (χ1n) is 7.01. The van der Waals surface area contributed by atoms with Crippen LogP contribution in [-0.4, -0.2) is 5.11 Å². The lowest BCUT2D eigenvalue weighted by atomic mass is 9.77. The maximum Gasteiger partial charge on any atom is 0.0965 e. The normalized spacial score (nSPS) is 21.7. The first-order valence-corrected chi connectivity index (χ1v) is 7.89. The molecular formula is C17H20OS. The van der Waals surface area contributed by atoms with Gasteiger partial charge in [0, 0.05) is 4.88 Å². The first-order chi connectivity index (χ1) is 9.17. The summed E-state index contributed by atoms with van der Waals surface area (Å²) in [5.74, 6) is 0.488. The fourth-order valence-electron chi connectivity index (χ4n) is 3.23. The smallest absolute Gasteiger partial charge is 0.0965 e. The van der Waals surface area contributed by atoms with Crippen LogP contribution in [0.25, 0.3) is 0 Å². The van der Waals surface area contributed by atoms with Gasteiger partial charge in [0.1, 0.15) is 0 Å². The van der Waals surface area contributed by atoms with Crippen LogP contribution in [0.1, 0.15) is 48.1 Å². The van der Waals surface area contributed by atoms with Crippen molar-refractivity contribution >= 4 is 11.3 Å². The van der Waals surface area contributed by atoms with Gasteiger partial charge in [-0.2, -0.15) is 0 Å². The Balaban J connectivity index is 1.85. The van der Waals surface area contributed by atoms with E-state index in [1.54, 1.807) is 11.3 Å². The number of thiophene rings is 1. The largest absolute Gasteiger partial charge is 0.385 e. The van der Waals surface area contributed by atoms with Crippen LogP contribution in [0.15, 0.2) is 41.8 Å². The molecule has 3 rings (SSSR count). The number of rotatable bonds is 3. The maximum absolute atomic E-state index is 10.8. The molecule has 0 aliphatic heterocycles. The van der Waals surface area contributed by atoms with Crippen LogP contribution >= 0.6 is 11.3 Å². The third-order valence-corrected chi connectivity index (χ3v) is 5.31. The SMILES string of the molecule is CC(O)(CC1CCCc2ccccc21)c1cccs1. The number of fused-ring (bicyclic) bond motifs is 1. The monoisotopic (exact) mass is 272 g/mol. The summed E-state index contributed by atoms with van der Waals surface area (Å²) in [7, 11) is 0. The summed E-state index contributed by atoms with van der Waals surface area (Å²) in [4.78, 5) is 1.08. The van der Waals surface area contributed by atoms with Gasteiger partial charge in [0.05, 0.1) is 5.60 Å². The molecule has 0 spiro atoms. The summed E-state index contributed by atoms with van der Waals surface area (Å²) in [6.07, 6.45) is 4.44. The highest BCUT2D eigenvalue weighted by atomic mass is 32.1. The van der Waals surface area contributed by atoms with Crippen molar-refractivity contribution in [2.75, 3.05) is 0 Å². The molecule has 2 heteroatoms. The third kappa shape index (κ3) is 2.60. The molecule has 1 N–H and O–H groups in total. The zero-order chi connectivity index (χ0) is 13.3. The highest BCUT2D eigenvalue weighted by Gasteiger charge is 2.31. The van der Waals surface area contributed by atoms with Gasteiger partial charge >= 0.3 is 0 Å². The third-order valence-electron chi connectivity index (χ3n) is 4.19. The minimum atomic E-state index is -0.705. The Kier molecular flexibility index (Phi) is 3.46. The van der Waals surface area contributed by atoms with Crippen molar-refractivity contribution in [2.24, 2.45) is 0 Å². The van der Waals surface area contributed by atoms with Crippen molar-refractivity contribution in [1.82, 2.24) is 0 Å². The van der Waals surface area contributed by atoms with Crippen molar-refractivity contribution in [1.29, 1.82) is 0 Å². The van der Waals surface area contributed by atoms with E-state index < -0.39 is 5.60 Å². The fraction of sp³-hybridized carbons (Fsp3) is 0.412. The van der Waals surface area contributed by atoms with Gasteiger partial charge < -0.3 is 5.11 Å². The molecular weight excluding hydrogens is 252 g/mol. The van der Waals surface area contributed by atoms with Crippen LogP contribution in [0.4, 0.5) is 0 Å². The lowest BCUT2D eigenvalue weighted by Gasteiger charge is -2.32. The summed E-state index contributed by atoms with van der Waals surface area (Å²) in [6.45, 7) is 1.95. The summed E-state index contributed by atoms with van der Waals surface area (Å²) < 4.78 is 0. The quantitative estimate of drug-likeness (QED) is 0.874. The van der Waals surface area contributed by atoms with E-state index in [4.69, 9.17) is 0 Å². The van der Waals surface area contributed by atoms with Gasteiger partial charge in [-0.3, -0.25) is 0 Å². The molecule has 0 fully saturated rings. The summed E-state index contributed by atoms with van der Waals surface area (Å²) >= 11 is 1.65. The Hall–Kier alpha value is -1.12. The molecule has 100 valence electrons. The number of benzene rings is 1. The summed E-state index contributed by atoms with van der Waals surface area (Å²) in [6, 6.07) is 12.8. The fourth-order valence-corrected chi connectivity index (χ4v) is 4.03. The second-order valence-corrected chi connectivity index (χ2v) is 6.69. The van der Waals surface area contributed by atoms with E-state index in [1.807, 2.05) is 24.4 Å². The van der Waals surface area contributed by atoms with Gasteiger partial charge in [-0.05, 0) is 61.1 Å². The van der Waals surface area contributed by atoms with Gasteiger partial charge in [0.2, 0.25) is 0 Å². The molecule has 1 aromatic carbocycles. The second-order valence-electron chi connectivity index (χ2n) is 5.74. The number of aryl methyl sites for hydroxylation is 1. The van der Waals surface area contributed by atoms with Gasteiger partial charge in [-0.15, -0.1) is 11.3 Å². The predicted octanol–water partition coefficient (Wildman–Crippen LogP) is 4.47. The number of hydrogen-bond acceptors (Lipinski definition) is 2. The van der Waals surface area contributed by atoms with Crippen molar-refractivity contribution in [3.8, 4) is 0 Å². The van der Waals surface area contributed by atoms with Crippen LogP contribution in [-0.2, 0) is 12.0 Å². The molecule has 2 unspecified atom stereocenters. The van der Waals surface area contributed by atoms with E-state index in [0.717, 1.165) is 11.3 Å².